The van der Waals surface area contributed by atoms with Crippen molar-refractivity contribution < 1.29 is 19.1 Å². The van der Waals surface area contributed by atoms with Gasteiger partial charge in [0.1, 0.15) is 0 Å². The number of benzene rings is 1. The smallest absolute Gasteiger partial charge is 0.338 e. The van der Waals surface area contributed by atoms with Crippen LogP contribution in [0.3, 0.4) is 0 Å². The van der Waals surface area contributed by atoms with Gasteiger partial charge in [-0.2, -0.15) is 0 Å². The lowest BCUT2D eigenvalue weighted by molar-refractivity contribution is 0.0555. The maximum Gasteiger partial charge on any atom is 0.338 e. The molecule has 0 radical (unpaired) electrons. The highest BCUT2D eigenvalue weighted by atomic mass is 127. The zero-order valence-corrected chi connectivity index (χ0v) is 10.4. The number of halogens is 1. The Morgan fingerprint density at radius 3 is 2.13 bits per heavy atom. The molecule has 0 heterocycles. The van der Waals surface area contributed by atoms with Crippen molar-refractivity contribution in [1.29, 1.82) is 0 Å². The van der Waals surface area contributed by atoms with Crippen LogP contribution in [0.4, 0.5) is 0 Å². The van der Waals surface area contributed by atoms with Gasteiger partial charge in [-0.05, 0) is 40.8 Å². The molecular formula is C10H9IO4. The van der Waals surface area contributed by atoms with Crippen LogP contribution in [0, 0.1) is 3.57 Å². The number of carbonyl (C=O) groups is 2. The molecule has 0 atom stereocenters. The zero-order chi connectivity index (χ0) is 11.4. The summed E-state index contributed by atoms with van der Waals surface area (Å²) in [6, 6.07) is 4.84. The summed E-state index contributed by atoms with van der Waals surface area (Å²) in [4.78, 5) is 22.7. The number of methoxy groups -OCH3 is 2. The molecule has 5 heteroatoms. The molecular weight excluding hydrogens is 311 g/mol. The molecule has 1 aromatic carbocycles. The molecule has 0 unspecified atom stereocenters. The van der Waals surface area contributed by atoms with E-state index in [0.29, 0.717) is 0 Å². The maximum atomic E-state index is 11.4. The lowest BCUT2D eigenvalue weighted by atomic mass is 10.1. The van der Waals surface area contributed by atoms with Gasteiger partial charge in [-0.1, -0.05) is 0 Å². The molecule has 0 spiro atoms. The van der Waals surface area contributed by atoms with E-state index < -0.39 is 11.9 Å². The van der Waals surface area contributed by atoms with E-state index in [1.807, 2.05) is 22.6 Å². The average molecular weight is 320 g/mol. The quantitative estimate of drug-likeness (QED) is 0.617. The molecule has 0 bridgehead atoms. The average Bonchev–Trinajstić information content (AvgIpc) is 2.26. The van der Waals surface area contributed by atoms with Crippen molar-refractivity contribution in [3.63, 3.8) is 0 Å². The van der Waals surface area contributed by atoms with Gasteiger partial charge in [0.2, 0.25) is 0 Å². The monoisotopic (exact) mass is 320 g/mol. The van der Waals surface area contributed by atoms with Crippen LogP contribution in [0.1, 0.15) is 20.7 Å². The van der Waals surface area contributed by atoms with E-state index in [1.54, 1.807) is 18.2 Å². The fourth-order valence-corrected chi connectivity index (χ4v) is 1.57. The van der Waals surface area contributed by atoms with E-state index in [1.165, 1.54) is 14.2 Å². The summed E-state index contributed by atoms with van der Waals surface area (Å²) in [5, 5.41) is 0. The Hall–Kier alpha value is -1.11. The second-order valence-electron chi connectivity index (χ2n) is 2.67. The third kappa shape index (κ3) is 2.68. The Labute approximate surface area is 101 Å². The van der Waals surface area contributed by atoms with Crippen molar-refractivity contribution in [3.8, 4) is 0 Å². The first-order valence-electron chi connectivity index (χ1n) is 4.06. The number of rotatable bonds is 2. The SMILES string of the molecule is COC(=O)c1ccc(I)cc1C(=O)OC. The molecule has 0 aromatic heterocycles. The Bertz CT molecular complexity index is 400. The largest absolute Gasteiger partial charge is 0.465 e. The predicted molar refractivity (Wildman–Crippen MR) is 61.8 cm³/mol. The first-order valence-corrected chi connectivity index (χ1v) is 5.14. The van der Waals surface area contributed by atoms with Gasteiger partial charge >= 0.3 is 11.9 Å². The Morgan fingerprint density at radius 2 is 1.60 bits per heavy atom. The molecule has 0 amide bonds. The van der Waals surface area contributed by atoms with Crippen LogP contribution >= 0.6 is 22.6 Å². The van der Waals surface area contributed by atoms with Gasteiger partial charge in [-0.3, -0.25) is 0 Å². The van der Waals surface area contributed by atoms with Crippen LogP contribution in [-0.2, 0) is 9.47 Å². The van der Waals surface area contributed by atoms with Crippen molar-refractivity contribution in [2.75, 3.05) is 14.2 Å². The van der Waals surface area contributed by atoms with Crippen molar-refractivity contribution >= 4 is 34.5 Å². The molecule has 0 aliphatic rings. The molecule has 1 rings (SSSR count). The minimum Gasteiger partial charge on any atom is -0.465 e. The second-order valence-corrected chi connectivity index (χ2v) is 3.92. The van der Waals surface area contributed by atoms with Crippen LogP contribution in [0.5, 0.6) is 0 Å². The molecule has 80 valence electrons. The number of hydrogen-bond acceptors (Lipinski definition) is 4. The lowest BCUT2D eigenvalue weighted by Gasteiger charge is -2.06. The summed E-state index contributed by atoms with van der Waals surface area (Å²) in [5.41, 5.74) is 0.431. The highest BCUT2D eigenvalue weighted by Gasteiger charge is 2.18. The topological polar surface area (TPSA) is 52.6 Å². The van der Waals surface area contributed by atoms with Crippen LogP contribution in [-0.4, -0.2) is 26.2 Å². The van der Waals surface area contributed by atoms with Crippen LogP contribution in [0.25, 0.3) is 0 Å². The van der Waals surface area contributed by atoms with E-state index in [4.69, 9.17) is 0 Å². The molecule has 4 nitrogen and oxygen atoms in total. The standard InChI is InChI=1S/C10H9IO4/c1-14-9(12)7-4-3-6(11)5-8(7)10(13)15-2/h3-5H,1-2H3. The lowest BCUT2D eigenvalue weighted by Crippen LogP contribution is -2.11. The van der Waals surface area contributed by atoms with Gasteiger partial charge < -0.3 is 9.47 Å². The third-order valence-electron chi connectivity index (χ3n) is 1.79. The number of ether oxygens (including phenoxy) is 2. The molecule has 0 fully saturated rings. The Morgan fingerprint density at radius 1 is 1.07 bits per heavy atom. The van der Waals surface area contributed by atoms with Crippen molar-refractivity contribution in [3.05, 3.63) is 32.9 Å². The Kier molecular flexibility index (Phi) is 4.07. The number of carbonyl (C=O) groups excluding carboxylic acids is 2. The minimum atomic E-state index is -0.549. The summed E-state index contributed by atoms with van der Waals surface area (Å²) >= 11 is 2.05. The fourth-order valence-electron chi connectivity index (χ4n) is 1.08. The molecule has 1 aromatic rings. The zero-order valence-electron chi connectivity index (χ0n) is 8.24. The van der Waals surface area contributed by atoms with Crippen LogP contribution in [0.2, 0.25) is 0 Å². The van der Waals surface area contributed by atoms with Gasteiger partial charge in [0.05, 0.1) is 25.3 Å². The van der Waals surface area contributed by atoms with Gasteiger partial charge in [0, 0.05) is 3.57 Å². The molecule has 15 heavy (non-hydrogen) atoms. The van der Waals surface area contributed by atoms with Gasteiger partial charge in [-0.25, -0.2) is 9.59 Å². The van der Waals surface area contributed by atoms with Crippen LogP contribution < -0.4 is 0 Å². The van der Waals surface area contributed by atoms with Gasteiger partial charge in [0.25, 0.3) is 0 Å². The highest BCUT2D eigenvalue weighted by Crippen LogP contribution is 2.15. The fraction of sp³-hybridized carbons (Fsp3) is 0.200. The van der Waals surface area contributed by atoms with E-state index in [-0.39, 0.29) is 11.1 Å². The van der Waals surface area contributed by atoms with E-state index in [9.17, 15) is 9.59 Å². The molecule has 0 saturated carbocycles. The maximum absolute atomic E-state index is 11.4. The molecule has 0 aliphatic carbocycles. The van der Waals surface area contributed by atoms with Gasteiger partial charge in [0.15, 0.2) is 0 Å². The molecule has 0 saturated heterocycles. The summed E-state index contributed by atoms with van der Waals surface area (Å²) in [6.45, 7) is 0. The molecule has 0 N–H and O–H groups in total. The Balaban J connectivity index is 3.26. The summed E-state index contributed by atoms with van der Waals surface area (Å²) in [7, 11) is 2.53. The number of hydrogen-bond donors (Lipinski definition) is 0. The molecule has 0 aliphatic heterocycles. The van der Waals surface area contributed by atoms with Crippen LogP contribution in [0.15, 0.2) is 18.2 Å². The first-order chi connectivity index (χ1) is 7.10. The van der Waals surface area contributed by atoms with Crippen molar-refractivity contribution in [1.82, 2.24) is 0 Å². The van der Waals surface area contributed by atoms with E-state index in [0.717, 1.165) is 3.57 Å². The summed E-state index contributed by atoms with van der Waals surface area (Å²) in [5.74, 6) is -1.10. The normalized spacial score (nSPS) is 9.53. The van der Waals surface area contributed by atoms with Crippen molar-refractivity contribution in [2.24, 2.45) is 0 Å². The highest BCUT2D eigenvalue weighted by molar-refractivity contribution is 14.1. The second kappa shape index (κ2) is 5.11. The summed E-state index contributed by atoms with van der Waals surface area (Å²) in [6.07, 6.45) is 0. The van der Waals surface area contributed by atoms with E-state index >= 15 is 0 Å². The van der Waals surface area contributed by atoms with Crippen molar-refractivity contribution in [2.45, 2.75) is 0 Å². The van der Waals surface area contributed by atoms with Gasteiger partial charge in [-0.15, -0.1) is 0 Å². The summed E-state index contributed by atoms with van der Waals surface area (Å²) < 4.78 is 9.99. The predicted octanol–water partition coefficient (Wildman–Crippen LogP) is 1.86. The third-order valence-corrected chi connectivity index (χ3v) is 2.46. The minimum absolute atomic E-state index is 0.213. The first kappa shape index (κ1) is 12.0. The number of esters is 2. The van der Waals surface area contributed by atoms with E-state index in [2.05, 4.69) is 9.47 Å².